The first-order valence-corrected chi connectivity index (χ1v) is 4.20. The third-order valence-electron chi connectivity index (χ3n) is 1.50. The smallest absolute Gasteiger partial charge is 0.246 e. The van der Waals surface area contributed by atoms with Crippen LogP contribution in [0.25, 0.3) is 5.57 Å². The summed E-state index contributed by atoms with van der Waals surface area (Å²) >= 11 is 0. The number of nitrogens with zero attached hydrogens (tertiary/aromatic N) is 2. The molecule has 1 aromatic heterocycles. The lowest BCUT2D eigenvalue weighted by atomic mass is 10.2. The molecular weight excluding hydrogens is 175 g/mol. The zero-order valence-corrected chi connectivity index (χ0v) is 8.32. The van der Waals surface area contributed by atoms with Gasteiger partial charge in [0.2, 0.25) is 5.89 Å². The second-order valence-corrected chi connectivity index (χ2v) is 3.02. The maximum atomic E-state index is 5.31. The zero-order chi connectivity index (χ0) is 10.6. The maximum Gasteiger partial charge on any atom is 0.246 e. The van der Waals surface area contributed by atoms with Crippen LogP contribution in [0.3, 0.4) is 0 Å². The summed E-state index contributed by atoms with van der Waals surface area (Å²) in [4.78, 5) is 0. The van der Waals surface area contributed by atoms with Crippen LogP contribution in [-0.2, 0) is 0 Å². The predicted molar refractivity (Wildman–Crippen MR) is 57.3 cm³/mol. The lowest BCUT2D eigenvalue weighted by molar-refractivity contribution is 0.573. The van der Waals surface area contributed by atoms with Gasteiger partial charge in [-0.1, -0.05) is 24.3 Å². The molecule has 0 aliphatic rings. The van der Waals surface area contributed by atoms with E-state index in [1.807, 2.05) is 26.0 Å². The summed E-state index contributed by atoms with van der Waals surface area (Å²) in [5.74, 6) is 0.444. The van der Waals surface area contributed by atoms with E-state index in [9.17, 15) is 0 Å². The molecule has 0 bridgehead atoms. The van der Waals surface area contributed by atoms with E-state index < -0.39 is 0 Å². The van der Waals surface area contributed by atoms with Crippen molar-refractivity contribution in [3.63, 3.8) is 0 Å². The molecule has 1 aromatic rings. The Hall–Kier alpha value is -1.58. The van der Waals surface area contributed by atoms with E-state index >= 15 is 0 Å². The number of hydrogen-bond acceptors (Lipinski definition) is 3. The first kappa shape index (κ1) is 10.5. The van der Waals surface area contributed by atoms with Gasteiger partial charge in [-0.15, -0.1) is 10.2 Å². The quantitative estimate of drug-likeness (QED) is 0.528. The van der Waals surface area contributed by atoms with Crippen molar-refractivity contribution in [1.82, 2.24) is 10.2 Å². The monoisotopic (exact) mass is 186 g/mol. The molecule has 2 radical (unpaired) electrons. The second kappa shape index (κ2) is 4.60. The average molecular weight is 186 g/mol. The Bertz CT molecular complexity index is 387. The van der Waals surface area contributed by atoms with Crippen LogP contribution < -0.4 is 5.79 Å². The highest BCUT2D eigenvalue weighted by Crippen LogP contribution is 2.11. The van der Waals surface area contributed by atoms with E-state index in [0.717, 1.165) is 5.57 Å². The molecule has 0 N–H and O–H groups in total. The number of allylic oxidation sites excluding steroid dienone is 5. The fourth-order valence-corrected chi connectivity index (χ4v) is 0.834. The summed E-state index contributed by atoms with van der Waals surface area (Å²) < 4.78 is 5.06. The fraction of sp³-hybridized carbons (Fsp3) is 0.200. The van der Waals surface area contributed by atoms with Crippen molar-refractivity contribution in [1.29, 1.82) is 0 Å². The van der Waals surface area contributed by atoms with E-state index in [0.29, 0.717) is 5.89 Å². The van der Waals surface area contributed by atoms with Crippen molar-refractivity contribution in [2.45, 2.75) is 13.8 Å². The van der Waals surface area contributed by atoms with Gasteiger partial charge in [0, 0.05) is 5.57 Å². The standard InChI is InChI=1S/C10H11BN2O/c1-4-8(6-5-7(2)3)9-12-13-10(11)14-9/h4-6H,1H2,2-3H3/b8-6+. The van der Waals surface area contributed by atoms with E-state index in [1.54, 1.807) is 6.08 Å². The third-order valence-corrected chi connectivity index (χ3v) is 1.50. The SMILES string of the molecule is [B]c1nnc(/C(C=C)=C/C=C(C)C)o1. The van der Waals surface area contributed by atoms with Crippen LogP contribution in [0.5, 0.6) is 0 Å². The maximum absolute atomic E-state index is 5.31. The molecule has 0 fully saturated rings. The van der Waals surface area contributed by atoms with Crippen molar-refractivity contribution in [2.24, 2.45) is 0 Å². The number of aromatic nitrogens is 2. The average Bonchev–Trinajstić information content (AvgIpc) is 2.53. The largest absolute Gasteiger partial charge is 0.432 e. The Kier molecular flexibility index (Phi) is 3.45. The van der Waals surface area contributed by atoms with Gasteiger partial charge < -0.3 is 4.42 Å². The van der Waals surface area contributed by atoms with Gasteiger partial charge in [-0.2, -0.15) is 0 Å². The lowest BCUT2D eigenvalue weighted by Gasteiger charge is -1.92. The van der Waals surface area contributed by atoms with Crippen LogP contribution in [0.15, 0.2) is 34.8 Å². The van der Waals surface area contributed by atoms with Gasteiger partial charge in [0.15, 0.2) is 13.6 Å². The molecule has 1 heterocycles. The summed E-state index contributed by atoms with van der Waals surface area (Å²) in [5.41, 5.74) is 1.94. The van der Waals surface area contributed by atoms with Gasteiger partial charge in [-0.05, 0) is 19.9 Å². The normalized spacial score (nSPS) is 11.1. The molecule has 0 amide bonds. The highest BCUT2D eigenvalue weighted by atomic mass is 16.4. The van der Waals surface area contributed by atoms with E-state index in [-0.39, 0.29) is 5.79 Å². The van der Waals surface area contributed by atoms with Crippen LogP contribution >= 0.6 is 0 Å². The summed E-state index contributed by atoms with van der Waals surface area (Å²) in [6, 6.07) is 0. The van der Waals surface area contributed by atoms with Gasteiger partial charge in [-0.25, -0.2) is 0 Å². The fourth-order valence-electron chi connectivity index (χ4n) is 0.834. The Labute approximate surface area is 84.6 Å². The predicted octanol–water partition coefficient (Wildman–Crippen LogP) is 1.40. The molecule has 0 saturated heterocycles. The van der Waals surface area contributed by atoms with Crippen molar-refractivity contribution in [3.05, 3.63) is 36.3 Å². The van der Waals surface area contributed by atoms with Gasteiger partial charge in [0.25, 0.3) is 0 Å². The highest BCUT2D eigenvalue weighted by Gasteiger charge is 2.03. The second-order valence-electron chi connectivity index (χ2n) is 3.02. The minimum atomic E-state index is 0.0601. The summed E-state index contributed by atoms with van der Waals surface area (Å²) in [6.45, 7) is 7.66. The molecule has 3 nitrogen and oxygen atoms in total. The number of hydrogen-bond donors (Lipinski definition) is 0. The minimum Gasteiger partial charge on any atom is -0.432 e. The Morgan fingerprint density at radius 1 is 1.36 bits per heavy atom. The van der Waals surface area contributed by atoms with Crippen molar-refractivity contribution >= 4 is 19.2 Å². The third kappa shape index (κ3) is 2.73. The molecule has 0 aliphatic heterocycles. The van der Waals surface area contributed by atoms with Crippen LogP contribution in [0, 0.1) is 0 Å². The molecule has 0 unspecified atom stereocenters. The summed E-state index contributed by atoms with van der Waals surface area (Å²) in [5, 5.41) is 7.32. The summed E-state index contributed by atoms with van der Waals surface area (Å²) in [6.07, 6.45) is 5.44. The molecule has 1 rings (SSSR count). The van der Waals surface area contributed by atoms with Gasteiger partial charge in [0.1, 0.15) is 0 Å². The first-order valence-electron chi connectivity index (χ1n) is 4.20. The Balaban J connectivity index is 2.98. The Morgan fingerprint density at radius 2 is 2.07 bits per heavy atom. The van der Waals surface area contributed by atoms with E-state index in [2.05, 4.69) is 16.8 Å². The molecule has 0 aromatic carbocycles. The van der Waals surface area contributed by atoms with E-state index in [4.69, 9.17) is 12.3 Å². The van der Waals surface area contributed by atoms with Gasteiger partial charge >= 0.3 is 0 Å². The molecular formula is C10H11BN2O. The molecule has 70 valence electrons. The van der Waals surface area contributed by atoms with Gasteiger partial charge in [-0.3, -0.25) is 0 Å². The van der Waals surface area contributed by atoms with Crippen molar-refractivity contribution in [3.8, 4) is 0 Å². The molecule has 0 spiro atoms. The Morgan fingerprint density at radius 3 is 2.50 bits per heavy atom. The van der Waals surface area contributed by atoms with Crippen molar-refractivity contribution in [2.75, 3.05) is 0 Å². The molecule has 0 aliphatic carbocycles. The van der Waals surface area contributed by atoms with E-state index in [1.165, 1.54) is 5.57 Å². The van der Waals surface area contributed by atoms with Crippen LogP contribution in [0.1, 0.15) is 19.7 Å². The van der Waals surface area contributed by atoms with Gasteiger partial charge in [0.05, 0.1) is 0 Å². The minimum absolute atomic E-state index is 0.0601. The van der Waals surface area contributed by atoms with Crippen LogP contribution in [0.2, 0.25) is 0 Å². The zero-order valence-electron chi connectivity index (χ0n) is 8.32. The van der Waals surface area contributed by atoms with Crippen LogP contribution in [-0.4, -0.2) is 18.0 Å². The molecule has 0 atom stereocenters. The molecule has 14 heavy (non-hydrogen) atoms. The molecule has 4 heteroatoms. The topological polar surface area (TPSA) is 38.9 Å². The van der Waals surface area contributed by atoms with Crippen molar-refractivity contribution < 1.29 is 4.42 Å². The molecule has 0 saturated carbocycles. The lowest BCUT2D eigenvalue weighted by Crippen LogP contribution is -2.00. The van der Waals surface area contributed by atoms with Crippen LogP contribution in [0.4, 0.5) is 0 Å². The number of rotatable bonds is 3. The highest BCUT2D eigenvalue weighted by molar-refractivity contribution is 6.28. The first-order chi connectivity index (χ1) is 6.63. The summed E-state index contributed by atoms with van der Waals surface area (Å²) in [7, 11) is 5.31.